The molecule has 0 heterocycles. The summed E-state index contributed by atoms with van der Waals surface area (Å²) in [5, 5.41) is 15.4. The minimum absolute atomic E-state index is 0.139. The van der Waals surface area contributed by atoms with Crippen molar-refractivity contribution in [3.8, 4) is 22.6 Å². The summed E-state index contributed by atoms with van der Waals surface area (Å²) in [6, 6.07) is 43.4. The molecule has 0 aliphatic carbocycles. The zero-order chi connectivity index (χ0) is 31.7. The van der Waals surface area contributed by atoms with Crippen molar-refractivity contribution < 1.29 is 24.5 Å². The molecule has 0 atom stereocenters. The second-order valence-electron chi connectivity index (χ2n) is 11.2. The van der Waals surface area contributed by atoms with E-state index in [2.05, 4.69) is 87.5 Å². The number of nitrogens with zero attached hydrogens (tertiary/aromatic N) is 1. The van der Waals surface area contributed by atoms with Crippen molar-refractivity contribution in [1.29, 1.82) is 0 Å². The Kier molecular flexibility index (Phi) is 12.0. The number of ether oxygens (including phenoxy) is 1. The molecule has 0 amide bonds. The number of hydrogen-bond acceptors (Lipinski definition) is 3. The molecule has 0 radical (unpaired) electrons. The summed E-state index contributed by atoms with van der Waals surface area (Å²) in [5.41, 5.74) is 3.45. The van der Waals surface area contributed by atoms with Gasteiger partial charge in [-0.2, -0.15) is 0 Å². The minimum atomic E-state index is -2.71. The third kappa shape index (κ3) is 7.51. The van der Waals surface area contributed by atoms with Crippen LogP contribution in [0, 0.1) is 0 Å². The zero-order valence-electron chi connectivity index (χ0n) is 25.1. The third-order valence-electron chi connectivity index (χ3n) is 7.65. The Morgan fingerprint density at radius 1 is 0.682 bits per heavy atom. The maximum absolute atomic E-state index is 12.0. The molecule has 0 saturated carbocycles. The molecular weight excluding hydrogens is 661 g/mol. The van der Waals surface area contributed by atoms with E-state index in [1.54, 1.807) is 13.3 Å². The van der Waals surface area contributed by atoms with Crippen LogP contribution in [0.2, 0.25) is 5.04 Å². The standard InChI is InChI=1S/C36H35NO2Si.3ClH.Ti/c1-36(2,3)40(28-17-7-5-8-18-28,29-19-9-6-10-20-29)34-25-15-16-27(35(34)38)26-37-32-23-13-11-21-30(32)31-22-12-14-24-33(31)39-4;;;;/h5-26,38H,1-4H3;3*1H;/q;;;;+3/p-3. The van der Waals surface area contributed by atoms with Gasteiger partial charge in [-0.25, -0.2) is 0 Å². The first-order valence-electron chi connectivity index (χ1n) is 14.1. The average molecular weight is 696 g/mol. The SMILES string of the molecule is COc1ccccc1-c1ccccc1N=Cc1cccc([Si](c2ccccc2)(c2ccccc2)C(C)(C)C)c1O.[Cl][Ti]([Cl])[Cl]. The molecule has 3 nitrogen and oxygen atoms in total. The summed E-state index contributed by atoms with van der Waals surface area (Å²) >= 11 is -1.92. The Labute approximate surface area is 279 Å². The van der Waals surface area contributed by atoms with Gasteiger partial charge in [-0.3, -0.25) is 4.99 Å². The Morgan fingerprint density at radius 2 is 1.18 bits per heavy atom. The summed E-state index contributed by atoms with van der Waals surface area (Å²) < 4.78 is 5.62. The predicted octanol–water partition coefficient (Wildman–Crippen LogP) is 9.15. The number of phenols is 1. The van der Waals surface area contributed by atoms with Crippen LogP contribution >= 0.6 is 27.9 Å². The van der Waals surface area contributed by atoms with E-state index in [4.69, 9.17) is 37.6 Å². The van der Waals surface area contributed by atoms with E-state index in [1.165, 1.54) is 10.4 Å². The van der Waals surface area contributed by atoms with Gasteiger partial charge in [0.05, 0.1) is 12.8 Å². The molecule has 1 N–H and O–H groups in total. The van der Waals surface area contributed by atoms with E-state index in [0.29, 0.717) is 5.56 Å². The molecule has 5 aromatic rings. The van der Waals surface area contributed by atoms with Gasteiger partial charge in [-0.15, -0.1) is 0 Å². The van der Waals surface area contributed by atoms with Crippen molar-refractivity contribution >= 4 is 63.5 Å². The summed E-state index contributed by atoms with van der Waals surface area (Å²) in [6.07, 6.45) is 1.78. The number of aliphatic imine (C=N–C) groups is 1. The summed E-state index contributed by atoms with van der Waals surface area (Å²) in [4.78, 5) is 4.89. The van der Waals surface area contributed by atoms with Gasteiger partial charge in [-0.1, -0.05) is 130 Å². The van der Waals surface area contributed by atoms with Crippen LogP contribution in [-0.4, -0.2) is 26.5 Å². The second-order valence-corrected chi connectivity index (χ2v) is 23.6. The normalized spacial score (nSPS) is 11.5. The van der Waals surface area contributed by atoms with Crippen LogP contribution in [0.4, 0.5) is 5.69 Å². The molecule has 0 aromatic heterocycles. The topological polar surface area (TPSA) is 41.8 Å². The van der Waals surface area contributed by atoms with E-state index in [9.17, 15) is 5.11 Å². The first-order valence-corrected chi connectivity index (χ1v) is 22.6. The van der Waals surface area contributed by atoms with Crippen LogP contribution < -0.4 is 20.3 Å². The molecule has 0 aliphatic heterocycles. The number of methoxy groups -OCH3 is 1. The number of phenolic OH excluding ortho intramolecular Hbond substituents is 1. The van der Waals surface area contributed by atoms with Gasteiger partial charge in [-0.05, 0) is 38.8 Å². The molecule has 8 heteroatoms. The monoisotopic (exact) mass is 694 g/mol. The Hall–Kier alpha value is -2.83. The third-order valence-corrected chi connectivity index (χ3v) is 13.5. The van der Waals surface area contributed by atoms with Crippen LogP contribution in [0.15, 0.2) is 132 Å². The van der Waals surface area contributed by atoms with Crippen molar-refractivity contribution in [1.82, 2.24) is 0 Å². The fourth-order valence-corrected chi connectivity index (χ4v) is 11.6. The molecule has 0 aliphatic rings. The van der Waals surface area contributed by atoms with Gasteiger partial charge in [0.1, 0.15) is 11.5 Å². The molecule has 0 fully saturated rings. The number of halogens is 3. The summed E-state index contributed by atoms with van der Waals surface area (Å²) in [7, 11) is 13.9. The summed E-state index contributed by atoms with van der Waals surface area (Å²) in [5.74, 6) is 1.08. The van der Waals surface area contributed by atoms with Crippen molar-refractivity contribution in [3.63, 3.8) is 0 Å². The van der Waals surface area contributed by atoms with Crippen LogP contribution in [0.3, 0.4) is 0 Å². The number of benzene rings is 5. The second kappa shape index (κ2) is 15.4. The van der Waals surface area contributed by atoms with Crippen LogP contribution in [0.5, 0.6) is 11.5 Å². The molecule has 0 unspecified atom stereocenters. The van der Waals surface area contributed by atoms with Gasteiger partial charge in [0.15, 0.2) is 8.07 Å². The van der Waals surface area contributed by atoms with Gasteiger partial charge in [0.2, 0.25) is 0 Å². The number of para-hydroxylation sites is 3. The molecule has 0 spiro atoms. The molecule has 0 saturated heterocycles. The van der Waals surface area contributed by atoms with E-state index >= 15 is 0 Å². The first-order chi connectivity index (χ1) is 21.1. The molecule has 44 heavy (non-hydrogen) atoms. The van der Waals surface area contributed by atoms with Crippen molar-refractivity contribution in [2.45, 2.75) is 25.8 Å². The van der Waals surface area contributed by atoms with E-state index in [1.807, 2.05) is 60.7 Å². The predicted molar refractivity (Wildman–Crippen MR) is 189 cm³/mol. The van der Waals surface area contributed by atoms with Gasteiger partial charge in [0.25, 0.3) is 0 Å². The van der Waals surface area contributed by atoms with Crippen LogP contribution in [0.25, 0.3) is 11.1 Å². The number of hydrogen-bond donors (Lipinski definition) is 1. The van der Waals surface area contributed by atoms with Gasteiger partial charge in [0, 0.05) is 22.9 Å². The van der Waals surface area contributed by atoms with Crippen LogP contribution in [-0.2, 0) is 14.7 Å². The average Bonchev–Trinajstić information content (AvgIpc) is 3.02. The Balaban J connectivity index is 0.00000104. The molecule has 5 aromatic carbocycles. The fraction of sp³-hybridized carbons (Fsp3) is 0.139. The van der Waals surface area contributed by atoms with Crippen molar-refractivity contribution in [2.24, 2.45) is 4.99 Å². The molecule has 0 bridgehead atoms. The molecular formula is C36H35Cl3NO2SiTi. The number of rotatable bonds is 7. The van der Waals surface area contributed by atoms with Gasteiger partial charge < -0.3 is 9.84 Å². The maximum atomic E-state index is 12.0. The van der Waals surface area contributed by atoms with E-state index in [0.717, 1.165) is 27.8 Å². The van der Waals surface area contributed by atoms with E-state index in [-0.39, 0.29) is 10.8 Å². The zero-order valence-corrected chi connectivity index (χ0v) is 30.0. The van der Waals surface area contributed by atoms with Crippen molar-refractivity contribution in [2.75, 3.05) is 7.11 Å². The summed E-state index contributed by atoms with van der Waals surface area (Å²) in [6.45, 7) is 6.88. The fourth-order valence-electron chi connectivity index (χ4n) is 5.91. The first kappa shape index (κ1) is 34.1. The Bertz CT molecular complexity index is 1650. The van der Waals surface area contributed by atoms with E-state index < -0.39 is 22.8 Å². The quantitative estimate of drug-likeness (QED) is 0.105. The molecule has 5 rings (SSSR count). The van der Waals surface area contributed by atoms with Gasteiger partial charge >= 0.3 is 42.6 Å². The molecule has 225 valence electrons. The van der Waals surface area contributed by atoms with Crippen LogP contribution in [0.1, 0.15) is 26.3 Å². The Morgan fingerprint density at radius 3 is 1.73 bits per heavy atom. The van der Waals surface area contributed by atoms with Crippen molar-refractivity contribution in [3.05, 3.63) is 133 Å². The number of aromatic hydroxyl groups is 1.